The summed E-state index contributed by atoms with van der Waals surface area (Å²) in [5.41, 5.74) is 0. The highest BCUT2D eigenvalue weighted by atomic mass is 16.3. The summed E-state index contributed by atoms with van der Waals surface area (Å²) in [4.78, 5) is 24.9. The monoisotopic (exact) mass is 242 g/mol. The number of nitrogens with zero attached hydrogens (tertiary/aromatic N) is 1. The molecule has 0 radical (unpaired) electrons. The number of aliphatic hydroxyl groups is 1. The van der Waals surface area contributed by atoms with E-state index < -0.39 is 0 Å². The van der Waals surface area contributed by atoms with Gasteiger partial charge in [0.25, 0.3) is 0 Å². The number of carbonyl (C=O) groups excluding carboxylic acids is 2. The highest BCUT2D eigenvalue weighted by Crippen LogP contribution is 2.08. The lowest BCUT2D eigenvalue weighted by Gasteiger charge is -2.31. The van der Waals surface area contributed by atoms with E-state index in [1.165, 1.54) is 4.90 Å². The maximum Gasteiger partial charge on any atom is 0.246 e. The predicted octanol–water partition coefficient (Wildman–Crippen LogP) is 0.276. The summed E-state index contributed by atoms with van der Waals surface area (Å²) >= 11 is 0. The molecule has 0 saturated carbocycles. The van der Waals surface area contributed by atoms with E-state index in [9.17, 15) is 9.59 Å². The van der Waals surface area contributed by atoms with Crippen molar-refractivity contribution in [2.24, 2.45) is 0 Å². The Hall–Kier alpha value is -0.940. The number of nitrogens with one attached hydrogen (secondary N) is 1. The van der Waals surface area contributed by atoms with Crippen LogP contribution < -0.4 is 5.32 Å². The zero-order chi connectivity index (χ0) is 12.7. The molecule has 5 heteroatoms. The Morgan fingerprint density at radius 3 is 2.65 bits per heavy atom. The molecule has 5 nitrogen and oxygen atoms in total. The van der Waals surface area contributed by atoms with Crippen LogP contribution in [0.15, 0.2) is 0 Å². The third-order valence-electron chi connectivity index (χ3n) is 3.06. The topological polar surface area (TPSA) is 69.6 Å². The Kier molecular flexibility index (Phi) is 6.15. The Labute approximate surface area is 102 Å². The van der Waals surface area contributed by atoms with Gasteiger partial charge in [-0.3, -0.25) is 19.8 Å². The molecule has 2 N–H and O–H groups in total. The molecule has 2 amide bonds. The molecule has 1 atom stereocenters. The maximum absolute atomic E-state index is 11.9. The largest absolute Gasteiger partial charge is 0.396 e. The van der Waals surface area contributed by atoms with Gasteiger partial charge in [-0.25, -0.2) is 0 Å². The molecule has 0 aromatic heterocycles. The standard InChI is InChI=1S/C12H22N2O3/c1-2-10-12(17)14(11(16)9-13-10)7-5-3-4-6-8-15/h10,13,15H,2-9H2,1H3. The smallest absolute Gasteiger partial charge is 0.246 e. The van der Waals surface area contributed by atoms with Crippen molar-refractivity contribution in [1.82, 2.24) is 10.2 Å². The van der Waals surface area contributed by atoms with Crippen molar-refractivity contribution in [3.63, 3.8) is 0 Å². The summed E-state index contributed by atoms with van der Waals surface area (Å²) in [6.45, 7) is 2.93. The van der Waals surface area contributed by atoms with Gasteiger partial charge in [0.2, 0.25) is 11.8 Å². The molecule has 1 aliphatic rings. The SMILES string of the molecule is CCC1NCC(=O)N(CCCCCCO)C1=O. The molecule has 0 aromatic rings. The van der Waals surface area contributed by atoms with Gasteiger partial charge >= 0.3 is 0 Å². The fourth-order valence-corrected chi connectivity index (χ4v) is 1.99. The van der Waals surface area contributed by atoms with Crippen LogP contribution in [0.1, 0.15) is 39.0 Å². The fourth-order valence-electron chi connectivity index (χ4n) is 1.99. The van der Waals surface area contributed by atoms with Crippen LogP contribution in [0.2, 0.25) is 0 Å². The third-order valence-corrected chi connectivity index (χ3v) is 3.06. The second-order valence-electron chi connectivity index (χ2n) is 4.36. The molecular formula is C12H22N2O3. The van der Waals surface area contributed by atoms with Crippen molar-refractivity contribution >= 4 is 11.8 Å². The molecule has 1 saturated heterocycles. The summed E-state index contributed by atoms with van der Waals surface area (Å²) in [7, 11) is 0. The highest BCUT2D eigenvalue weighted by molar-refractivity contribution is 6.01. The minimum Gasteiger partial charge on any atom is -0.396 e. The number of imide groups is 1. The minimum atomic E-state index is -0.204. The quantitative estimate of drug-likeness (QED) is 0.497. The molecule has 0 aliphatic carbocycles. The first kappa shape index (κ1) is 14.1. The number of aliphatic hydroxyl groups excluding tert-OH is 1. The minimum absolute atomic E-state index is 0.0918. The second-order valence-corrected chi connectivity index (χ2v) is 4.36. The van der Waals surface area contributed by atoms with Crippen molar-refractivity contribution in [3.8, 4) is 0 Å². The number of piperazine rings is 1. The van der Waals surface area contributed by atoms with Crippen LogP contribution in [0, 0.1) is 0 Å². The van der Waals surface area contributed by atoms with Gasteiger partial charge in [-0.2, -0.15) is 0 Å². The average Bonchev–Trinajstić information content (AvgIpc) is 2.33. The number of hydrogen-bond acceptors (Lipinski definition) is 4. The van der Waals surface area contributed by atoms with E-state index in [-0.39, 0.29) is 31.0 Å². The molecule has 1 aliphatic heterocycles. The van der Waals surface area contributed by atoms with Gasteiger partial charge in [0.15, 0.2) is 0 Å². The number of rotatable bonds is 7. The molecule has 0 spiro atoms. The summed E-state index contributed by atoms with van der Waals surface area (Å²) in [6.07, 6.45) is 4.23. The molecule has 98 valence electrons. The van der Waals surface area contributed by atoms with E-state index in [2.05, 4.69) is 5.32 Å². The fraction of sp³-hybridized carbons (Fsp3) is 0.833. The van der Waals surface area contributed by atoms with Crippen molar-refractivity contribution in [3.05, 3.63) is 0 Å². The van der Waals surface area contributed by atoms with Crippen LogP contribution in [0.5, 0.6) is 0 Å². The first-order valence-corrected chi connectivity index (χ1v) is 6.39. The molecule has 0 bridgehead atoms. The van der Waals surface area contributed by atoms with Gasteiger partial charge in [0.1, 0.15) is 0 Å². The van der Waals surface area contributed by atoms with Crippen molar-refractivity contribution in [1.29, 1.82) is 0 Å². The zero-order valence-corrected chi connectivity index (χ0v) is 10.4. The van der Waals surface area contributed by atoms with E-state index in [0.717, 1.165) is 25.7 Å². The lowest BCUT2D eigenvalue weighted by atomic mass is 10.1. The van der Waals surface area contributed by atoms with Gasteiger partial charge < -0.3 is 5.11 Å². The third kappa shape index (κ3) is 4.09. The maximum atomic E-state index is 11.9. The second kappa shape index (κ2) is 7.40. The highest BCUT2D eigenvalue weighted by Gasteiger charge is 2.31. The van der Waals surface area contributed by atoms with E-state index in [4.69, 9.17) is 5.11 Å². The number of amides is 2. The van der Waals surface area contributed by atoms with Gasteiger partial charge in [-0.1, -0.05) is 19.8 Å². The van der Waals surface area contributed by atoms with E-state index in [1.54, 1.807) is 0 Å². The molecule has 1 unspecified atom stereocenters. The van der Waals surface area contributed by atoms with E-state index in [0.29, 0.717) is 13.0 Å². The summed E-state index contributed by atoms with van der Waals surface area (Å²) < 4.78 is 0. The van der Waals surface area contributed by atoms with Crippen LogP contribution in [-0.4, -0.2) is 47.6 Å². The average molecular weight is 242 g/mol. The first-order valence-electron chi connectivity index (χ1n) is 6.39. The van der Waals surface area contributed by atoms with Crippen molar-refractivity contribution in [2.45, 2.75) is 45.1 Å². The van der Waals surface area contributed by atoms with Gasteiger partial charge in [-0.15, -0.1) is 0 Å². The van der Waals surface area contributed by atoms with Crippen LogP contribution in [-0.2, 0) is 9.59 Å². The van der Waals surface area contributed by atoms with E-state index in [1.807, 2.05) is 6.92 Å². The zero-order valence-electron chi connectivity index (χ0n) is 10.4. The van der Waals surface area contributed by atoms with Crippen LogP contribution in [0.4, 0.5) is 0 Å². The summed E-state index contributed by atoms with van der Waals surface area (Å²) in [5.74, 6) is -0.215. The molecule has 1 heterocycles. The van der Waals surface area contributed by atoms with E-state index >= 15 is 0 Å². The Balaban J connectivity index is 2.33. The lowest BCUT2D eigenvalue weighted by Crippen LogP contribution is -2.57. The number of carbonyl (C=O) groups is 2. The lowest BCUT2D eigenvalue weighted by molar-refractivity contribution is -0.149. The molecule has 1 fully saturated rings. The predicted molar refractivity (Wildman–Crippen MR) is 64.4 cm³/mol. The number of hydrogen-bond donors (Lipinski definition) is 2. The van der Waals surface area contributed by atoms with Crippen LogP contribution in [0.3, 0.4) is 0 Å². The van der Waals surface area contributed by atoms with Crippen molar-refractivity contribution in [2.75, 3.05) is 19.7 Å². The van der Waals surface area contributed by atoms with Gasteiger partial charge in [0, 0.05) is 13.2 Å². The Morgan fingerprint density at radius 2 is 2.00 bits per heavy atom. The Morgan fingerprint density at radius 1 is 1.29 bits per heavy atom. The van der Waals surface area contributed by atoms with Crippen molar-refractivity contribution < 1.29 is 14.7 Å². The summed E-state index contributed by atoms with van der Waals surface area (Å²) in [5, 5.41) is 11.6. The van der Waals surface area contributed by atoms with Gasteiger partial charge in [-0.05, 0) is 19.3 Å². The molecular weight excluding hydrogens is 220 g/mol. The van der Waals surface area contributed by atoms with Crippen LogP contribution >= 0.6 is 0 Å². The molecule has 0 aromatic carbocycles. The molecule has 17 heavy (non-hydrogen) atoms. The molecule has 1 rings (SSSR count). The normalized spacial score (nSPS) is 21.1. The van der Waals surface area contributed by atoms with Gasteiger partial charge in [0.05, 0.1) is 12.6 Å². The first-order chi connectivity index (χ1) is 8.20. The van der Waals surface area contributed by atoms with Crippen LogP contribution in [0.25, 0.3) is 0 Å². The Bertz CT molecular complexity index is 268. The number of unbranched alkanes of at least 4 members (excludes halogenated alkanes) is 3. The summed E-state index contributed by atoms with van der Waals surface area (Å²) in [6, 6.07) is -0.204.